The Bertz CT molecular complexity index is 1100. The van der Waals surface area contributed by atoms with E-state index >= 15 is 0 Å². The first-order valence-corrected chi connectivity index (χ1v) is 11.0. The minimum atomic E-state index is -0.129. The van der Waals surface area contributed by atoms with Crippen LogP contribution in [0.2, 0.25) is 0 Å². The number of anilines is 1. The summed E-state index contributed by atoms with van der Waals surface area (Å²) in [6.45, 7) is 0.736. The van der Waals surface area contributed by atoms with Crippen LogP contribution in [-0.4, -0.2) is 21.6 Å². The van der Waals surface area contributed by atoms with E-state index in [0.29, 0.717) is 11.3 Å². The first-order valence-electron chi connectivity index (χ1n) is 11.0. The summed E-state index contributed by atoms with van der Waals surface area (Å²) in [4.78, 5) is 25.0. The van der Waals surface area contributed by atoms with Crippen LogP contribution < -0.4 is 10.6 Å². The van der Waals surface area contributed by atoms with E-state index in [1.807, 2.05) is 36.5 Å². The Balaban J connectivity index is 1.29. The summed E-state index contributed by atoms with van der Waals surface area (Å²) in [5.41, 5.74) is 4.74. The molecule has 0 bridgehead atoms. The Morgan fingerprint density at radius 1 is 1.03 bits per heavy atom. The second-order valence-corrected chi connectivity index (χ2v) is 8.45. The van der Waals surface area contributed by atoms with Crippen LogP contribution in [0.4, 0.5) is 5.69 Å². The number of benzene rings is 2. The van der Waals surface area contributed by atoms with Gasteiger partial charge in [0.15, 0.2) is 0 Å². The molecule has 1 fully saturated rings. The van der Waals surface area contributed by atoms with E-state index in [9.17, 15) is 9.59 Å². The minimum absolute atomic E-state index is 0.0420. The predicted octanol–water partition coefficient (Wildman–Crippen LogP) is 4.09. The smallest absolute Gasteiger partial charge is 0.251 e. The average Bonchev–Trinajstić information content (AvgIpc) is 3.57. The van der Waals surface area contributed by atoms with Gasteiger partial charge in [0.1, 0.15) is 0 Å². The van der Waals surface area contributed by atoms with Gasteiger partial charge in [0, 0.05) is 28.4 Å². The van der Waals surface area contributed by atoms with Crippen LogP contribution in [0.1, 0.15) is 58.9 Å². The van der Waals surface area contributed by atoms with E-state index in [1.165, 1.54) is 11.3 Å². The van der Waals surface area contributed by atoms with Crippen molar-refractivity contribution < 1.29 is 9.59 Å². The predicted molar refractivity (Wildman–Crippen MR) is 119 cm³/mol. The number of nitrogens with one attached hydrogen (secondary N) is 2. The first kappa shape index (κ1) is 19.5. The van der Waals surface area contributed by atoms with Gasteiger partial charge in [-0.05, 0) is 55.9 Å². The van der Waals surface area contributed by atoms with Crippen LogP contribution in [0.3, 0.4) is 0 Å². The molecule has 5 rings (SSSR count). The van der Waals surface area contributed by atoms with Crippen molar-refractivity contribution >= 4 is 17.5 Å². The fourth-order valence-electron chi connectivity index (χ4n) is 4.23. The topological polar surface area (TPSA) is 76.0 Å². The summed E-state index contributed by atoms with van der Waals surface area (Å²) in [5.74, 6) is 0.0436. The van der Waals surface area contributed by atoms with Gasteiger partial charge in [-0.15, -0.1) is 0 Å². The van der Waals surface area contributed by atoms with E-state index < -0.39 is 0 Å². The second kappa shape index (κ2) is 8.38. The average molecular weight is 415 g/mol. The SMILES string of the molecule is O=C(NC1CCCc2c1cnn2Cc1ccccc1)c1cccc(NC(=O)C2CC2)c1. The molecule has 2 aliphatic carbocycles. The van der Waals surface area contributed by atoms with Gasteiger partial charge >= 0.3 is 0 Å². The van der Waals surface area contributed by atoms with Gasteiger partial charge in [-0.3, -0.25) is 14.3 Å². The van der Waals surface area contributed by atoms with Gasteiger partial charge in [-0.1, -0.05) is 36.4 Å². The van der Waals surface area contributed by atoms with E-state index in [0.717, 1.165) is 44.2 Å². The van der Waals surface area contributed by atoms with Crippen LogP contribution in [0, 0.1) is 5.92 Å². The van der Waals surface area contributed by atoms with Crippen molar-refractivity contribution in [3.8, 4) is 0 Å². The molecule has 0 saturated heterocycles. The number of hydrogen-bond donors (Lipinski definition) is 2. The highest BCUT2D eigenvalue weighted by Crippen LogP contribution is 2.31. The molecule has 2 aromatic carbocycles. The monoisotopic (exact) mass is 414 g/mol. The molecule has 158 valence electrons. The standard InChI is InChI=1S/C25H26N4O2/c30-24(18-12-13-18)27-20-9-4-8-19(14-20)25(31)28-22-10-5-11-23-21(22)15-26-29(23)16-17-6-2-1-3-7-17/h1-4,6-9,14-15,18,22H,5,10-13,16H2,(H,27,30)(H,28,31). The number of hydrogen-bond acceptors (Lipinski definition) is 3. The molecule has 0 spiro atoms. The molecule has 1 saturated carbocycles. The van der Waals surface area contributed by atoms with Crippen LogP contribution >= 0.6 is 0 Å². The summed E-state index contributed by atoms with van der Waals surface area (Å²) in [6, 6.07) is 17.4. The van der Waals surface area contributed by atoms with Gasteiger partial charge in [-0.2, -0.15) is 5.10 Å². The van der Waals surface area contributed by atoms with Crippen LogP contribution in [0.25, 0.3) is 0 Å². The van der Waals surface area contributed by atoms with Gasteiger partial charge in [0.2, 0.25) is 5.91 Å². The second-order valence-electron chi connectivity index (χ2n) is 8.45. The molecule has 1 unspecified atom stereocenters. The molecule has 2 aliphatic rings. The van der Waals surface area contributed by atoms with Gasteiger partial charge in [-0.25, -0.2) is 0 Å². The maximum Gasteiger partial charge on any atom is 0.251 e. The summed E-state index contributed by atoms with van der Waals surface area (Å²) in [6.07, 6.45) is 6.68. The Labute approximate surface area is 181 Å². The van der Waals surface area contributed by atoms with Gasteiger partial charge in [0.25, 0.3) is 5.91 Å². The highest BCUT2D eigenvalue weighted by Gasteiger charge is 2.30. The van der Waals surface area contributed by atoms with Crippen molar-refractivity contribution in [1.82, 2.24) is 15.1 Å². The van der Waals surface area contributed by atoms with E-state index in [-0.39, 0.29) is 23.8 Å². The van der Waals surface area contributed by atoms with Crippen molar-refractivity contribution in [3.05, 3.63) is 83.2 Å². The molecular formula is C25H26N4O2. The molecular weight excluding hydrogens is 388 g/mol. The Hall–Kier alpha value is -3.41. The van der Waals surface area contributed by atoms with E-state index in [4.69, 9.17) is 0 Å². The normalized spacial score (nSPS) is 17.6. The highest BCUT2D eigenvalue weighted by molar-refractivity contribution is 5.98. The lowest BCUT2D eigenvalue weighted by Crippen LogP contribution is -2.31. The maximum absolute atomic E-state index is 13.0. The first-order chi connectivity index (χ1) is 15.2. The fourth-order valence-corrected chi connectivity index (χ4v) is 4.23. The quantitative estimate of drug-likeness (QED) is 0.638. The molecule has 2 amide bonds. The number of carbonyl (C=O) groups excluding carboxylic acids is 2. The molecule has 31 heavy (non-hydrogen) atoms. The van der Waals surface area contributed by atoms with Crippen molar-refractivity contribution in [2.75, 3.05) is 5.32 Å². The minimum Gasteiger partial charge on any atom is -0.345 e. The third kappa shape index (κ3) is 4.38. The zero-order valence-corrected chi connectivity index (χ0v) is 17.4. The molecule has 1 atom stereocenters. The number of fused-ring (bicyclic) bond motifs is 1. The molecule has 0 aliphatic heterocycles. The summed E-state index contributed by atoms with van der Waals surface area (Å²) < 4.78 is 2.05. The largest absolute Gasteiger partial charge is 0.345 e. The Morgan fingerprint density at radius 3 is 2.68 bits per heavy atom. The van der Waals surface area contributed by atoms with Gasteiger partial charge in [0.05, 0.1) is 18.8 Å². The van der Waals surface area contributed by atoms with Crippen molar-refractivity contribution in [3.63, 3.8) is 0 Å². The lowest BCUT2D eigenvalue weighted by Gasteiger charge is -2.24. The molecule has 0 radical (unpaired) electrons. The van der Waals surface area contributed by atoms with E-state index in [2.05, 4.69) is 32.5 Å². The molecule has 3 aromatic rings. The maximum atomic E-state index is 13.0. The van der Waals surface area contributed by atoms with Crippen molar-refractivity contribution in [2.45, 2.75) is 44.7 Å². The molecule has 6 heteroatoms. The third-order valence-corrected chi connectivity index (χ3v) is 6.08. The summed E-state index contributed by atoms with van der Waals surface area (Å²) in [7, 11) is 0. The van der Waals surface area contributed by atoms with Crippen LogP contribution in [0.5, 0.6) is 0 Å². The fraction of sp³-hybridized carbons (Fsp3) is 0.320. The molecule has 1 aromatic heterocycles. The number of nitrogens with zero attached hydrogens (tertiary/aromatic N) is 2. The number of aromatic nitrogens is 2. The highest BCUT2D eigenvalue weighted by atomic mass is 16.2. The lowest BCUT2D eigenvalue weighted by atomic mass is 9.92. The van der Waals surface area contributed by atoms with Crippen LogP contribution in [0.15, 0.2) is 60.8 Å². The number of amides is 2. The van der Waals surface area contributed by atoms with E-state index in [1.54, 1.807) is 12.1 Å². The van der Waals surface area contributed by atoms with Gasteiger partial charge < -0.3 is 10.6 Å². The van der Waals surface area contributed by atoms with Crippen molar-refractivity contribution in [2.24, 2.45) is 5.92 Å². The molecule has 2 N–H and O–H groups in total. The summed E-state index contributed by atoms with van der Waals surface area (Å²) in [5, 5.41) is 10.7. The zero-order chi connectivity index (χ0) is 21.2. The molecule has 1 heterocycles. The Morgan fingerprint density at radius 2 is 1.87 bits per heavy atom. The lowest BCUT2D eigenvalue weighted by molar-refractivity contribution is -0.117. The summed E-state index contributed by atoms with van der Waals surface area (Å²) >= 11 is 0. The zero-order valence-electron chi connectivity index (χ0n) is 17.4. The number of rotatable bonds is 6. The van der Waals surface area contributed by atoms with Crippen LogP contribution in [-0.2, 0) is 17.8 Å². The third-order valence-electron chi connectivity index (χ3n) is 6.08. The van der Waals surface area contributed by atoms with Crippen molar-refractivity contribution in [1.29, 1.82) is 0 Å². The molecule has 6 nitrogen and oxygen atoms in total. The number of carbonyl (C=O) groups is 2. The Kier molecular flexibility index (Phi) is 5.28.